The Bertz CT molecular complexity index is 2700. The van der Waals surface area contributed by atoms with Crippen LogP contribution in [0.15, 0.2) is 176 Å². The average Bonchev–Trinajstić information content (AvgIpc) is 3.52. The van der Waals surface area contributed by atoms with Gasteiger partial charge >= 0.3 is 0 Å². The molecule has 0 saturated heterocycles. The standard InChI is InChI=1S/C46H29N3S/c1-3-13-30(14-4-1)31-23-25-33(26-24-31)38-29-42(48-46(47-38)34-16-5-2-6-17-34)49-39-21-11-9-19-36(39)43-37-20-10-12-22-41(37)50-45(43)44-35-18-8-7-15-32(35)27-28-40(44)49/h1-29H. The highest BCUT2D eigenvalue weighted by Crippen LogP contribution is 2.57. The lowest BCUT2D eigenvalue weighted by molar-refractivity contribution is 1.13. The molecule has 0 spiro atoms. The Morgan fingerprint density at radius 2 is 1.08 bits per heavy atom. The van der Waals surface area contributed by atoms with Crippen LogP contribution in [0, 0.1) is 0 Å². The second-order valence-corrected chi connectivity index (χ2v) is 13.6. The normalized spacial score (nSPS) is 12.0. The van der Waals surface area contributed by atoms with Gasteiger partial charge in [-0.2, -0.15) is 0 Å². The van der Waals surface area contributed by atoms with Crippen molar-refractivity contribution in [1.29, 1.82) is 0 Å². The van der Waals surface area contributed by atoms with Crippen LogP contribution < -0.4 is 4.90 Å². The molecule has 4 heteroatoms. The highest BCUT2D eigenvalue weighted by atomic mass is 32.1. The first-order chi connectivity index (χ1) is 24.8. The predicted octanol–water partition coefficient (Wildman–Crippen LogP) is 13.0. The number of hydrogen-bond donors (Lipinski definition) is 0. The van der Waals surface area contributed by atoms with E-state index in [4.69, 9.17) is 9.97 Å². The van der Waals surface area contributed by atoms with E-state index < -0.39 is 0 Å². The van der Waals surface area contributed by atoms with Crippen molar-refractivity contribution in [1.82, 2.24) is 9.97 Å². The molecule has 9 aromatic rings. The number of anilines is 3. The van der Waals surface area contributed by atoms with E-state index in [-0.39, 0.29) is 0 Å². The molecule has 2 aromatic heterocycles. The van der Waals surface area contributed by atoms with Gasteiger partial charge in [0.15, 0.2) is 5.82 Å². The van der Waals surface area contributed by atoms with Crippen molar-refractivity contribution in [3.63, 3.8) is 0 Å². The van der Waals surface area contributed by atoms with Gasteiger partial charge in [-0.15, -0.1) is 11.3 Å². The molecule has 0 saturated carbocycles. The van der Waals surface area contributed by atoms with Crippen LogP contribution >= 0.6 is 11.3 Å². The molecule has 7 aromatic carbocycles. The maximum absolute atomic E-state index is 5.37. The molecule has 0 aliphatic carbocycles. The molecule has 0 amide bonds. The van der Waals surface area contributed by atoms with Crippen LogP contribution in [0.5, 0.6) is 0 Å². The Morgan fingerprint density at radius 3 is 1.90 bits per heavy atom. The monoisotopic (exact) mass is 655 g/mol. The van der Waals surface area contributed by atoms with Crippen LogP contribution in [-0.4, -0.2) is 9.97 Å². The van der Waals surface area contributed by atoms with E-state index in [1.165, 1.54) is 53.6 Å². The molecule has 0 N–H and O–H groups in total. The molecule has 1 aliphatic rings. The summed E-state index contributed by atoms with van der Waals surface area (Å²) in [5, 5.41) is 3.71. The first kappa shape index (κ1) is 28.6. The summed E-state index contributed by atoms with van der Waals surface area (Å²) in [5.74, 6) is 1.51. The Morgan fingerprint density at radius 1 is 0.440 bits per heavy atom. The third-order valence-electron chi connectivity index (χ3n) is 9.65. The van der Waals surface area contributed by atoms with Gasteiger partial charge in [0.1, 0.15) is 5.82 Å². The van der Waals surface area contributed by atoms with E-state index in [2.05, 4.69) is 163 Å². The van der Waals surface area contributed by atoms with Crippen LogP contribution in [0.1, 0.15) is 0 Å². The fourth-order valence-electron chi connectivity index (χ4n) is 7.31. The fraction of sp³-hybridized carbons (Fsp3) is 0. The van der Waals surface area contributed by atoms with Gasteiger partial charge in [0, 0.05) is 48.8 Å². The summed E-state index contributed by atoms with van der Waals surface area (Å²) in [6, 6.07) is 62.5. The Kier molecular flexibility index (Phi) is 6.68. The highest BCUT2D eigenvalue weighted by molar-refractivity contribution is 7.23. The van der Waals surface area contributed by atoms with E-state index in [0.29, 0.717) is 5.82 Å². The molecule has 3 nitrogen and oxygen atoms in total. The van der Waals surface area contributed by atoms with E-state index >= 15 is 0 Å². The van der Waals surface area contributed by atoms with E-state index in [1.54, 1.807) is 0 Å². The summed E-state index contributed by atoms with van der Waals surface area (Å²) in [6.07, 6.45) is 0. The lowest BCUT2D eigenvalue weighted by atomic mass is 9.96. The van der Waals surface area contributed by atoms with Gasteiger partial charge in [0.2, 0.25) is 0 Å². The maximum Gasteiger partial charge on any atom is 0.162 e. The van der Waals surface area contributed by atoms with Gasteiger partial charge in [-0.25, -0.2) is 9.97 Å². The third-order valence-corrected chi connectivity index (χ3v) is 10.8. The number of rotatable bonds is 4. The Hall–Kier alpha value is -6.36. The maximum atomic E-state index is 5.37. The van der Waals surface area contributed by atoms with Gasteiger partial charge in [-0.1, -0.05) is 152 Å². The fourth-order valence-corrected chi connectivity index (χ4v) is 8.59. The van der Waals surface area contributed by atoms with Crippen LogP contribution in [0.3, 0.4) is 0 Å². The van der Waals surface area contributed by atoms with Crippen molar-refractivity contribution in [2.24, 2.45) is 0 Å². The van der Waals surface area contributed by atoms with Crippen molar-refractivity contribution in [3.05, 3.63) is 176 Å². The first-order valence-electron chi connectivity index (χ1n) is 16.8. The highest BCUT2D eigenvalue weighted by Gasteiger charge is 2.31. The van der Waals surface area contributed by atoms with Gasteiger partial charge in [-0.05, 0) is 40.1 Å². The molecule has 10 rings (SSSR count). The molecule has 1 aliphatic heterocycles. The Labute approximate surface area is 294 Å². The average molecular weight is 656 g/mol. The largest absolute Gasteiger partial charge is 0.294 e. The van der Waals surface area contributed by atoms with Crippen molar-refractivity contribution < 1.29 is 0 Å². The molecule has 50 heavy (non-hydrogen) atoms. The van der Waals surface area contributed by atoms with Crippen molar-refractivity contribution in [3.8, 4) is 55.3 Å². The smallest absolute Gasteiger partial charge is 0.162 e. The second kappa shape index (κ2) is 11.7. The molecule has 3 heterocycles. The summed E-state index contributed by atoms with van der Waals surface area (Å²) in [7, 11) is 0. The van der Waals surface area contributed by atoms with Gasteiger partial charge in [0.05, 0.1) is 17.1 Å². The Balaban J connectivity index is 1.26. The topological polar surface area (TPSA) is 29.0 Å². The van der Waals surface area contributed by atoms with E-state index in [0.717, 1.165) is 34.0 Å². The SMILES string of the molecule is c1ccc(-c2ccc(-c3cc(N4c5ccccc5-c5c(sc6ccccc56)-c5c4ccc4ccccc54)nc(-c4ccccc4)n3)cc2)cc1. The lowest BCUT2D eigenvalue weighted by Crippen LogP contribution is -2.14. The number of nitrogens with zero attached hydrogens (tertiary/aromatic N) is 3. The summed E-state index contributed by atoms with van der Waals surface area (Å²) in [6.45, 7) is 0. The number of aromatic nitrogens is 2. The number of thiophene rings is 1. The summed E-state index contributed by atoms with van der Waals surface area (Å²) in [5.41, 5.74) is 11.1. The third kappa shape index (κ3) is 4.65. The number of hydrogen-bond acceptors (Lipinski definition) is 4. The molecule has 0 fully saturated rings. The zero-order valence-electron chi connectivity index (χ0n) is 27.0. The van der Waals surface area contributed by atoms with Crippen molar-refractivity contribution >= 4 is 49.4 Å². The molecule has 0 atom stereocenters. The molecule has 0 bridgehead atoms. The first-order valence-corrected chi connectivity index (χ1v) is 17.7. The molecule has 234 valence electrons. The molecular weight excluding hydrogens is 627 g/mol. The number of para-hydroxylation sites is 1. The zero-order chi connectivity index (χ0) is 33.0. The number of fused-ring (bicyclic) bond motifs is 9. The van der Waals surface area contributed by atoms with Gasteiger partial charge in [0.25, 0.3) is 0 Å². The quantitative estimate of drug-likeness (QED) is 0.189. The minimum Gasteiger partial charge on any atom is -0.294 e. The van der Waals surface area contributed by atoms with Crippen LogP contribution in [0.2, 0.25) is 0 Å². The zero-order valence-corrected chi connectivity index (χ0v) is 27.8. The summed E-state index contributed by atoms with van der Waals surface area (Å²) in [4.78, 5) is 14.2. The minimum atomic E-state index is 0.689. The summed E-state index contributed by atoms with van der Waals surface area (Å²) < 4.78 is 1.29. The van der Waals surface area contributed by atoms with Crippen LogP contribution in [-0.2, 0) is 0 Å². The molecule has 0 radical (unpaired) electrons. The minimum absolute atomic E-state index is 0.689. The summed E-state index contributed by atoms with van der Waals surface area (Å²) >= 11 is 1.87. The van der Waals surface area contributed by atoms with Crippen LogP contribution in [0.25, 0.3) is 76.2 Å². The van der Waals surface area contributed by atoms with E-state index in [9.17, 15) is 0 Å². The van der Waals surface area contributed by atoms with Crippen LogP contribution in [0.4, 0.5) is 17.2 Å². The van der Waals surface area contributed by atoms with Gasteiger partial charge < -0.3 is 0 Å². The lowest BCUT2D eigenvalue weighted by Gasteiger charge is -2.27. The predicted molar refractivity (Wildman–Crippen MR) is 210 cm³/mol. The second-order valence-electron chi connectivity index (χ2n) is 12.6. The number of benzene rings is 7. The van der Waals surface area contributed by atoms with Crippen molar-refractivity contribution in [2.45, 2.75) is 0 Å². The molecule has 0 unspecified atom stereocenters. The van der Waals surface area contributed by atoms with Gasteiger partial charge in [-0.3, -0.25) is 4.90 Å². The molecular formula is C46H29N3S. The van der Waals surface area contributed by atoms with E-state index in [1.807, 2.05) is 29.5 Å². The van der Waals surface area contributed by atoms with Crippen molar-refractivity contribution in [2.75, 3.05) is 4.90 Å².